The Morgan fingerprint density at radius 2 is 2.05 bits per heavy atom. The fourth-order valence-corrected chi connectivity index (χ4v) is 3.09. The average molecular weight is 373 g/mol. The van der Waals surface area contributed by atoms with E-state index in [4.69, 9.17) is 4.84 Å². The summed E-state index contributed by atoms with van der Waals surface area (Å²) in [6.07, 6.45) is 1.07. The summed E-state index contributed by atoms with van der Waals surface area (Å²) in [6.45, 7) is 4.32. The monoisotopic (exact) mass is 372 g/mol. The molecule has 6 nitrogen and oxygen atoms in total. The number of hydrogen-bond acceptors (Lipinski definition) is 6. The molecule has 0 unspecified atom stereocenters. The molecule has 0 spiro atoms. The van der Waals surface area contributed by atoms with Gasteiger partial charge in [0.15, 0.2) is 9.63 Å². The highest BCUT2D eigenvalue weighted by Gasteiger charge is 2.55. The SMILES string of the molecule is Cc1c(Br)noc1C(F)(F)S(=O)(=O)C1=CC(C)(C)ON1. The van der Waals surface area contributed by atoms with Crippen molar-refractivity contribution in [1.29, 1.82) is 0 Å². The fourth-order valence-electron chi connectivity index (χ4n) is 1.54. The summed E-state index contributed by atoms with van der Waals surface area (Å²) in [5.74, 6) is -1.03. The lowest BCUT2D eigenvalue weighted by molar-refractivity contribution is -0.0139. The molecule has 0 amide bonds. The number of nitrogens with zero attached hydrogens (tertiary/aromatic N) is 1. The van der Waals surface area contributed by atoms with Crippen LogP contribution in [0.2, 0.25) is 0 Å². The van der Waals surface area contributed by atoms with Gasteiger partial charge in [-0.2, -0.15) is 8.78 Å². The second kappa shape index (κ2) is 4.50. The van der Waals surface area contributed by atoms with Crippen molar-refractivity contribution in [1.82, 2.24) is 10.6 Å². The van der Waals surface area contributed by atoms with Gasteiger partial charge in [-0.05, 0) is 42.8 Å². The molecule has 10 heteroatoms. The lowest BCUT2D eigenvalue weighted by Gasteiger charge is -2.15. The Morgan fingerprint density at radius 3 is 2.45 bits per heavy atom. The van der Waals surface area contributed by atoms with E-state index in [2.05, 4.69) is 25.6 Å². The number of alkyl halides is 2. The second-order valence-electron chi connectivity index (χ2n) is 4.76. The lowest BCUT2D eigenvalue weighted by atomic mass is 10.1. The number of nitrogens with one attached hydrogen (secondary N) is 1. The smallest absolute Gasteiger partial charge is 0.352 e. The van der Waals surface area contributed by atoms with Crippen molar-refractivity contribution < 1.29 is 26.6 Å². The molecule has 112 valence electrons. The van der Waals surface area contributed by atoms with Crippen LogP contribution < -0.4 is 5.48 Å². The van der Waals surface area contributed by atoms with Gasteiger partial charge >= 0.3 is 5.25 Å². The minimum Gasteiger partial charge on any atom is -0.352 e. The maximum atomic E-state index is 14.2. The van der Waals surface area contributed by atoms with E-state index in [0.717, 1.165) is 6.08 Å². The number of halogens is 3. The average Bonchev–Trinajstić information content (AvgIpc) is 2.83. The van der Waals surface area contributed by atoms with Crippen molar-refractivity contribution in [2.75, 3.05) is 0 Å². The predicted octanol–water partition coefficient (Wildman–Crippen LogP) is 2.36. The zero-order valence-corrected chi connectivity index (χ0v) is 13.1. The normalized spacial score (nSPS) is 18.8. The van der Waals surface area contributed by atoms with Crippen molar-refractivity contribution in [3.05, 3.63) is 27.0 Å². The first-order chi connectivity index (χ1) is 8.99. The van der Waals surface area contributed by atoms with Gasteiger partial charge in [-0.25, -0.2) is 8.42 Å². The molecule has 1 aliphatic rings. The van der Waals surface area contributed by atoms with E-state index in [1.54, 1.807) is 0 Å². The Hall–Kier alpha value is -1.00. The molecule has 0 atom stereocenters. The Bertz CT molecular complexity index is 681. The minimum absolute atomic E-state index is 0.0207. The van der Waals surface area contributed by atoms with E-state index in [0.29, 0.717) is 0 Å². The molecule has 0 radical (unpaired) electrons. The molecule has 0 saturated carbocycles. The summed E-state index contributed by atoms with van der Waals surface area (Å²) in [6, 6.07) is 0. The summed E-state index contributed by atoms with van der Waals surface area (Å²) < 4.78 is 57.0. The standard InChI is InChI=1S/C10H11BrF2N2O4S/c1-5-7(18-15-8(5)11)10(12,13)20(16,17)6-4-9(2,3)19-14-6/h4,14H,1-3H3. The largest absolute Gasteiger partial charge is 0.410 e. The third-order valence-electron chi connectivity index (χ3n) is 2.65. The summed E-state index contributed by atoms with van der Waals surface area (Å²) >= 11 is 2.89. The number of hydroxylamine groups is 1. The van der Waals surface area contributed by atoms with E-state index >= 15 is 0 Å². The van der Waals surface area contributed by atoms with E-state index in [9.17, 15) is 17.2 Å². The van der Waals surface area contributed by atoms with Crippen LogP contribution in [0.3, 0.4) is 0 Å². The molecule has 0 aliphatic carbocycles. The summed E-state index contributed by atoms with van der Waals surface area (Å²) in [7, 11) is -5.03. The van der Waals surface area contributed by atoms with Gasteiger partial charge in [-0.1, -0.05) is 5.16 Å². The minimum atomic E-state index is -5.03. The van der Waals surface area contributed by atoms with Crippen molar-refractivity contribution in [2.45, 2.75) is 31.6 Å². The molecule has 0 aromatic carbocycles. The first kappa shape index (κ1) is 15.4. The van der Waals surface area contributed by atoms with Crippen LogP contribution in [0.15, 0.2) is 20.2 Å². The third kappa shape index (κ3) is 2.25. The summed E-state index contributed by atoms with van der Waals surface area (Å²) in [5, 5.41) is -1.70. The molecular formula is C10H11BrF2N2O4S. The van der Waals surface area contributed by atoms with Crippen LogP contribution in [-0.4, -0.2) is 19.2 Å². The highest BCUT2D eigenvalue weighted by molar-refractivity contribution is 9.10. The van der Waals surface area contributed by atoms with E-state index < -0.39 is 31.5 Å². The highest BCUT2D eigenvalue weighted by Crippen LogP contribution is 2.42. The van der Waals surface area contributed by atoms with E-state index in [1.165, 1.54) is 20.8 Å². The molecule has 1 aliphatic heterocycles. The van der Waals surface area contributed by atoms with Crippen molar-refractivity contribution in [2.24, 2.45) is 0 Å². The molecule has 1 N–H and O–H groups in total. The molecule has 0 saturated heterocycles. The van der Waals surface area contributed by atoms with Crippen LogP contribution >= 0.6 is 15.9 Å². The summed E-state index contributed by atoms with van der Waals surface area (Å²) in [5.41, 5.74) is 0.918. The van der Waals surface area contributed by atoms with Gasteiger partial charge in [0.1, 0.15) is 5.60 Å². The van der Waals surface area contributed by atoms with Crippen LogP contribution in [0, 0.1) is 6.92 Å². The van der Waals surface area contributed by atoms with E-state index in [1.807, 2.05) is 5.48 Å². The Morgan fingerprint density at radius 1 is 1.45 bits per heavy atom. The Kier molecular flexibility index (Phi) is 3.46. The van der Waals surface area contributed by atoms with Gasteiger partial charge < -0.3 is 4.52 Å². The molecular weight excluding hydrogens is 362 g/mol. The number of hydrogen-bond donors (Lipinski definition) is 1. The molecule has 20 heavy (non-hydrogen) atoms. The van der Waals surface area contributed by atoms with Gasteiger partial charge in [-0.15, -0.1) is 0 Å². The number of sulfone groups is 1. The molecule has 1 aromatic heterocycles. The Balaban J connectivity index is 2.51. The van der Waals surface area contributed by atoms with Crippen molar-refractivity contribution in [3.63, 3.8) is 0 Å². The van der Waals surface area contributed by atoms with Gasteiger partial charge in [-0.3, -0.25) is 10.3 Å². The quantitative estimate of drug-likeness (QED) is 0.876. The third-order valence-corrected chi connectivity index (χ3v) is 5.03. The van der Waals surface area contributed by atoms with Gasteiger partial charge in [0, 0.05) is 5.56 Å². The first-order valence-corrected chi connectivity index (χ1v) is 7.68. The van der Waals surface area contributed by atoms with Crippen molar-refractivity contribution >= 4 is 25.8 Å². The fraction of sp³-hybridized carbons (Fsp3) is 0.500. The molecule has 2 rings (SSSR count). The second-order valence-corrected chi connectivity index (χ2v) is 7.47. The Labute approximate surface area is 122 Å². The van der Waals surface area contributed by atoms with Crippen LogP contribution in [0.5, 0.6) is 0 Å². The maximum absolute atomic E-state index is 14.2. The van der Waals surface area contributed by atoms with Gasteiger partial charge in [0.25, 0.3) is 9.84 Å². The molecule has 0 bridgehead atoms. The zero-order valence-electron chi connectivity index (χ0n) is 10.7. The first-order valence-electron chi connectivity index (χ1n) is 5.40. The van der Waals surface area contributed by atoms with Crippen LogP contribution in [0.1, 0.15) is 25.2 Å². The molecule has 0 fully saturated rings. The molecule has 2 heterocycles. The van der Waals surface area contributed by atoms with Crippen LogP contribution in [0.4, 0.5) is 8.78 Å². The zero-order chi connectivity index (χ0) is 15.3. The van der Waals surface area contributed by atoms with E-state index in [-0.39, 0.29) is 10.2 Å². The number of rotatable bonds is 3. The highest BCUT2D eigenvalue weighted by atomic mass is 79.9. The van der Waals surface area contributed by atoms with Crippen molar-refractivity contribution in [3.8, 4) is 0 Å². The van der Waals surface area contributed by atoms with Gasteiger partial charge in [0.05, 0.1) is 0 Å². The molecule has 1 aromatic rings. The van der Waals surface area contributed by atoms with Crippen LogP contribution in [-0.2, 0) is 19.9 Å². The number of aromatic nitrogens is 1. The maximum Gasteiger partial charge on any atom is 0.410 e. The van der Waals surface area contributed by atoms with Gasteiger partial charge in [0.2, 0.25) is 5.76 Å². The predicted molar refractivity (Wildman–Crippen MR) is 68.1 cm³/mol. The summed E-state index contributed by atoms with van der Waals surface area (Å²) in [4.78, 5) is 4.90. The lowest BCUT2D eigenvalue weighted by Crippen LogP contribution is -2.31. The van der Waals surface area contributed by atoms with Crippen LogP contribution in [0.25, 0.3) is 0 Å². The topological polar surface area (TPSA) is 81.4 Å².